The largest absolute Gasteiger partial charge is 0.381 e. The minimum atomic E-state index is 0.429. The van der Waals surface area contributed by atoms with Crippen LogP contribution in [0.25, 0.3) is 5.65 Å². The minimum absolute atomic E-state index is 0.429. The first-order valence-electron chi connectivity index (χ1n) is 6.06. The van der Waals surface area contributed by atoms with E-state index in [1.54, 1.807) is 6.20 Å². The zero-order valence-corrected chi connectivity index (χ0v) is 9.99. The van der Waals surface area contributed by atoms with E-state index in [0.29, 0.717) is 17.4 Å². The average Bonchev–Trinajstić information content (AvgIpc) is 2.84. The normalized spacial score (nSPS) is 17.2. The Labute approximate surface area is 104 Å². The van der Waals surface area contributed by atoms with Crippen LogP contribution in [0, 0.1) is 0 Å². The number of fused-ring (bicyclic) bond motifs is 1. The topological polar surface area (TPSA) is 76.5 Å². The quantitative estimate of drug-likeness (QED) is 0.788. The number of nitrogen functional groups attached to an aromatic ring is 1. The summed E-state index contributed by atoms with van der Waals surface area (Å²) in [4.78, 5) is 20.9. The molecule has 6 heteroatoms. The predicted molar refractivity (Wildman–Crippen MR) is 67.0 cm³/mol. The number of piperidine rings is 1. The van der Waals surface area contributed by atoms with Gasteiger partial charge < -0.3 is 10.6 Å². The molecule has 94 valence electrons. The molecule has 2 aromatic heterocycles. The van der Waals surface area contributed by atoms with Crippen molar-refractivity contribution in [1.82, 2.24) is 19.3 Å². The number of nitrogens with zero attached hydrogens (tertiary/aromatic N) is 4. The smallest absolute Gasteiger partial charge is 0.209 e. The van der Waals surface area contributed by atoms with E-state index in [2.05, 4.69) is 9.97 Å². The van der Waals surface area contributed by atoms with Gasteiger partial charge in [-0.2, -0.15) is 0 Å². The minimum Gasteiger partial charge on any atom is -0.381 e. The second kappa shape index (κ2) is 4.29. The van der Waals surface area contributed by atoms with Gasteiger partial charge in [-0.15, -0.1) is 0 Å². The lowest BCUT2D eigenvalue weighted by Crippen LogP contribution is -2.31. The standard InChI is InChI=1S/C12H15N5O/c13-11-12-15-7-10(17(12)6-3-14-11)9-1-4-16(8-18)5-2-9/h3,6-9H,1-2,4-5H2,(H2,13,14). The summed E-state index contributed by atoms with van der Waals surface area (Å²) in [5.41, 5.74) is 7.66. The molecule has 0 spiro atoms. The van der Waals surface area contributed by atoms with Gasteiger partial charge in [0.2, 0.25) is 6.41 Å². The Morgan fingerprint density at radius 3 is 2.83 bits per heavy atom. The molecule has 1 aliphatic heterocycles. The van der Waals surface area contributed by atoms with Gasteiger partial charge in [0.15, 0.2) is 11.5 Å². The maximum absolute atomic E-state index is 10.7. The second-order valence-corrected chi connectivity index (χ2v) is 4.60. The molecule has 0 saturated carbocycles. The third kappa shape index (κ3) is 1.70. The second-order valence-electron chi connectivity index (χ2n) is 4.60. The Morgan fingerprint density at radius 1 is 1.33 bits per heavy atom. The molecule has 3 heterocycles. The van der Waals surface area contributed by atoms with E-state index in [1.165, 1.54) is 0 Å². The number of hydrogen-bond donors (Lipinski definition) is 1. The van der Waals surface area contributed by atoms with Crippen LogP contribution in [0.5, 0.6) is 0 Å². The zero-order valence-electron chi connectivity index (χ0n) is 9.99. The van der Waals surface area contributed by atoms with Gasteiger partial charge in [-0.25, -0.2) is 9.97 Å². The number of likely N-dealkylation sites (tertiary alicyclic amines) is 1. The summed E-state index contributed by atoms with van der Waals surface area (Å²) in [6, 6.07) is 0. The van der Waals surface area contributed by atoms with E-state index in [9.17, 15) is 4.79 Å². The van der Waals surface area contributed by atoms with Crippen LogP contribution in [-0.2, 0) is 4.79 Å². The molecular weight excluding hydrogens is 230 g/mol. The average molecular weight is 245 g/mol. The molecule has 1 amide bonds. The predicted octanol–water partition coefficient (Wildman–Crippen LogP) is 0.647. The lowest BCUT2D eigenvalue weighted by atomic mass is 9.94. The summed E-state index contributed by atoms with van der Waals surface area (Å²) in [5, 5.41) is 0. The lowest BCUT2D eigenvalue weighted by Gasteiger charge is -2.28. The lowest BCUT2D eigenvalue weighted by molar-refractivity contribution is -0.119. The van der Waals surface area contributed by atoms with E-state index in [0.717, 1.165) is 38.0 Å². The van der Waals surface area contributed by atoms with Gasteiger partial charge in [0.25, 0.3) is 0 Å². The number of imidazole rings is 1. The fourth-order valence-corrected chi connectivity index (χ4v) is 2.56. The van der Waals surface area contributed by atoms with Gasteiger partial charge in [0, 0.05) is 43.3 Å². The molecule has 0 bridgehead atoms. The molecule has 1 saturated heterocycles. The van der Waals surface area contributed by atoms with Crippen molar-refractivity contribution in [3.63, 3.8) is 0 Å². The monoisotopic (exact) mass is 245 g/mol. The Morgan fingerprint density at radius 2 is 2.11 bits per heavy atom. The first-order valence-corrected chi connectivity index (χ1v) is 6.06. The van der Waals surface area contributed by atoms with Gasteiger partial charge >= 0.3 is 0 Å². The molecule has 1 fully saturated rings. The van der Waals surface area contributed by atoms with Crippen molar-refractivity contribution in [3.05, 3.63) is 24.3 Å². The number of carbonyl (C=O) groups is 1. The van der Waals surface area contributed by atoms with Gasteiger partial charge in [0.1, 0.15) is 0 Å². The molecule has 0 atom stereocenters. The van der Waals surface area contributed by atoms with Gasteiger partial charge in [-0.05, 0) is 12.8 Å². The van der Waals surface area contributed by atoms with E-state index in [1.807, 2.05) is 21.7 Å². The van der Waals surface area contributed by atoms with Gasteiger partial charge in [0.05, 0.1) is 0 Å². The third-order valence-electron chi connectivity index (χ3n) is 3.58. The summed E-state index contributed by atoms with van der Waals surface area (Å²) in [5.74, 6) is 0.882. The molecule has 0 aliphatic carbocycles. The zero-order chi connectivity index (χ0) is 12.5. The van der Waals surface area contributed by atoms with Crippen LogP contribution in [0.1, 0.15) is 24.5 Å². The molecule has 6 nitrogen and oxygen atoms in total. The van der Waals surface area contributed by atoms with E-state index >= 15 is 0 Å². The molecule has 0 radical (unpaired) electrons. The number of anilines is 1. The highest BCUT2D eigenvalue weighted by atomic mass is 16.1. The highest BCUT2D eigenvalue weighted by molar-refractivity contribution is 5.60. The fraction of sp³-hybridized carbons (Fsp3) is 0.417. The SMILES string of the molecule is Nc1nccn2c(C3CCN(C=O)CC3)cnc12. The highest BCUT2D eigenvalue weighted by Crippen LogP contribution is 2.28. The first kappa shape index (κ1) is 11.0. The molecular formula is C12H15N5O. The molecule has 1 aliphatic rings. The van der Waals surface area contributed by atoms with Crippen molar-refractivity contribution in [2.45, 2.75) is 18.8 Å². The Bertz CT molecular complexity index is 571. The number of carbonyl (C=O) groups excluding carboxylic acids is 1. The fourth-order valence-electron chi connectivity index (χ4n) is 2.56. The maximum Gasteiger partial charge on any atom is 0.209 e. The maximum atomic E-state index is 10.7. The first-order chi connectivity index (χ1) is 8.79. The van der Waals surface area contributed by atoms with Crippen molar-refractivity contribution >= 4 is 17.9 Å². The van der Waals surface area contributed by atoms with Crippen LogP contribution in [0.3, 0.4) is 0 Å². The summed E-state index contributed by atoms with van der Waals surface area (Å²) >= 11 is 0. The number of amides is 1. The summed E-state index contributed by atoms with van der Waals surface area (Å²) in [6.07, 6.45) is 8.30. The number of hydrogen-bond acceptors (Lipinski definition) is 4. The number of nitrogens with two attached hydrogens (primary N) is 1. The van der Waals surface area contributed by atoms with E-state index in [-0.39, 0.29) is 0 Å². The highest BCUT2D eigenvalue weighted by Gasteiger charge is 2.22. The third-order valence-corrected chi connectivity index (χ3v) is 3.58. The molecule has 18 heavy (non-hydrogen) atoms. The molecule has 0 aromatic carbocycles. The van der Waals surface area contributed by atoms with Crippen LogP contribution in [0.4, 0.5) is 5.82 Å². The Balaban J connectivity index is 1.91. The van der Waals surface area contributed by atoms with E-state index < -0.39 is 0 Å². The summed E-state index contributed by atoms with van der Waals surface area (Å²) in [7, 11) is 0. The van der Waals surface area contributed by atoms with Crippen LogP contribution < -0.4 is 5.73 Å². The van der Waals surface area contributed by atoms with Crippen LogP contribution in [0.15, 0.2) is 18.6 Å². The Hall–Kier alpha value is -2.11. The molecule has 2 aromatic rings. The van der Waals surface area contributed by atoms with Crippen molar-refractivity contribution in [3.8, 4) is 0 Å². The van der Waals surface area contributed by atoms with Gasteiger partial charge in [-0.1, -0.05) is 0 Å². The van der Waals surface area contributed by atoms with Crippen molar-refractivity contribution in [1.29, 1.82) is 0 Å². The van der Waals surface area contributed by atoms with Crippen LogP contribution in [-0.4, -0.2) is 38.8 Å². The number of aromatic nitrogens is 3. The van der Waals surface area contributed by atoms with Crippen LogP contribution in [0.2, 0.25) is 0 Å². The van der Waals surface area contributed by atoms with Gasteiger partial charge in [-0.3, -0.25) is 9.20 Å². The van der Waals surface area contributed by atoms with Crippen molar-refractivity contribution in [2.75, 3.05) is 18.8 Å². The summed E-state index contributed by atoms with van der Waals surface area (Å²) < 4.78 is 2.00. The van der Waals surface area contributed by atoms with E-state index in [4.69, 9.17) is 5.73 Å². The van der Waals surface area contributed by atoms with Crippen LogP contribution >= 0.6 is 0 Å². The molecule has 2 N–H and O–H groups in total. The van der Waals surface area contributed by atoms with Crippen molar-refractivity contribution in [2.24, 2.45) is 0 Å². The van der Waals surface area contributed by atoms with Crippen molar-refractivity contribution < 1.29 is 4.79 Å². The number of rotatable bonds is 2. The summed E-state index contributed by atoms with van der Waals surface area (Å²) in [6.45, 7) is 1.62. The Kier molecular flexibility index (Phi) is 2.62. The molecule has 3 rings (SSSR count). The molecule has 0 unspecified atom stereocenters.